The molecule has 1 aromatic carbocycles. The monoisotopic (exact) mass is 437 g/mol. The van der Waals surface area contributed by atoms with Crippen LogP contribution in [0.5, 0.6) is 5.75 Å². The van der Waals surface area contributed by atoms with E-state index >= 15 is 0 Å². The lowest BCUT2D eigenvalue weighted by atomic mass is 10.2. The number of thioether (sulfide) groups is 1. The Morgan fingerprint density at radius 2 is 1.81 bits per heavy atom. The van der Waals surface area contributed by atoms with Gasteiger partial charge >= 0.3 is 0 Å². The Hall–Kier alpha value is -3.13. The lowest BCUT2D eigenvalue weighted by Gasteiger charge is -2.10. The molecule has 3 aromatic rings. The minimum Gasteiger partial charge on any atom is -0.494 e. The number of carbonyl (C=O) groups is 1. The van der Waals surface area contributed by atoms with E-state index in [-0.39, 0.29) is 11.7 Å². The fourth-order valence-electron chi connectivity index (χ4n) is 3.27. The number of hydrogen-bond acceptors (Lipinski definition) is 6. The first-order chi connectivity index (χ1) is 14.9. The first kappa shape index (κ1) is 22.6. The van der Waals surface area contributed by atoms with Gasteiger partial charge in [-0.3, -0.25) is 4.79 Å². The quantitative estimate of drug-likeness (QED) is 0.248. The fourth-order valence-corrected chi connectivity index (χ4v) is 4.01. The van der Waals surface area contributed by atoms with Crippen LogP contribution in [-0.2, 0) is 4.79 Å². The van der Waals surface area contributed by atoms with E-state index in [9.17, 15) is 4.79 Å². The van der Waals surface area contributed by atoms with Crippen molar-refractivity contribution >= 4 is 23.9 Å². The van der Waals surface area contributed by atoms with Gasteiger partial charge in [-0.1, -0.05) is 11.8 Å². The standard InChI is InChI=1S/C23H27N5O2S/c1-6-30-21-9-7-20(8-10-21)28-17(4)12-19(18(28)5)13-24-27-22(29)14-31-23-25-15(2)11-16(3)26-23/h7-13H,6,14H2,1-5H3,(H,27,29)/b24-13-. The lowest BCUT2D eigenvalue weighted by molar-refractivity contribution is -0.118. The van der Waals surface area contributed by atoms with Gasteiger partial charge in [-0.15, -0.1) is 0 Å². The van der Waals surface area contributed by atoms with Crippen LogP contribution in [0.25, 0.3) is 5.69 Å². The molecule has 8 heteroatoms. The van der Waals surface area contributed by atoms with Crippen molar-refractivity contribution in [2.24, 2.45) is 5.10 Å². The summed E-state index contributed by atoms with van der Waals surface area (Å²) in [5.41, 5.74) is 8.46. The molecule has 1 amide bonds. The van der Waals surface area contributed by atoms with E-state index < -0.39 is 0 Å². The van der Waals surface area contributed by atoms with E-state index in [1.54, 1.807) is 6.21 Å². The van der Waals surface area contributed by atoms with Gasteiger partial charge in [-0.2, -0.15) is 5.10 Å². The van der Waals surface area contributed by atoms with Crippen molar-refractivity contribution in [2.45, 2.75) is 39.8 Å². The summed E-state index contributed by atoms with van der Waals surface area (Å²) >= 11 is 1.29. The molecule has 0 bridgehead atoms. The fraction of sp³-hybridized carbons (Fsp3) is 0.304. The normalized spacial score (nSPS) is 11.1. The molecule has 2 aromatic heterocycles. The number of hydrogen-bond donors (Lipinski definition) is 1. The van der Waals surface area contributed by atoms with Crippen LogP contribution in [0.4, 0.5) is 0 Å². The topological polar surface area (TPSA) is 81.4 Å². The summed E-state index contributed by atoms with van der Waals surface area (Å²) in [5, 5.41) is 4.72. The summed E-state index contributed by atoms with van der Waals surface area (Å²) in [6.45, 7) is 10.5. The molecule has 31 heavy (non-hydrogen) atoms. The van der Waals surface area contributed by atoms with Crippen LogP contribution in [0.15, 0.2) is 46.7 Å². The maximum Gasteiger partial charge on any atom is 0.250 e. The Labute approximate surface area is 187 Å². The maximum absolute atomic E-state index is 12.1. The molecule has 0 unspecified atom stereocenters. The Morgan fingerprint density at radius 3 is 2.45 bits per heavy atom. The molecule has 3 rings (SSSR count). The van der Waals surface area contributed by atoms with Crippen LogP contribution in [0, 0.1) is 27.7 Å². The average molecular weight is 438 g/mol. The predicted octanol–water partition coefficient (Wildman–Crippen LogP) is 4.14. The Balaban J connectivity index is 1.62. The number of benzene rings is 1. The summed E-state index contributed by atoms with van der Waals surface area (Å²) in [6.07, 6.45) is 1.67. The Kier molecular flexibility index (Phi) is 7.46. The smallest absolute Gasteiger partial charge is 0.250 e. The number of hydrazone groups is 1. The highest BCUT2D eigenvalue weighted by Gasteiger charge is 2.10. The number of aryl methyl sites for hydroxylation is 3. The van der Waals surface area contributed by atoms with Crippen molar-refractivity contribution in [3.8, 4) is 11.4 Å². The van der Waals surface area contributed by atoms with E-state index in [1.807, 2.05) is 71.0 Å². The van der Waals surface area contributed by atoms with E-state index in [0.717, 1.165) is 39.8 Å². The SMILES string of the molecule is CCOc1ccc(-n2c(C)cc(/C=N\NC(=O)CSc3nc(C)cc(C)n3)c2C)cc1. The summed E-state index contributed by atoms with van der Waals surface area (Å²) in [5.74, 6) is 0.845. The maximum atomic E-state index is 12.1. The summed E-state index contributed by atoms with van der Waals surface area (Å²) in [6, 6.07) is 11.9. The van der Waals surface area contributed by atoms with Gasteiger partial charge in [-0.25, -0.2) is 15.4 Å². The molecule has 0 aliphatic rings. The summed E-state index contributed by atoms with van der Waals surface area (Å²) in [4.78, 5) is 20.8. The van der Waals surface area contributed by atoms with E-state index in [2.05, 4.69) is 25.1 Å². The van der Waals surface area contributed by atoms with Crippen molar-refractivity contribution in [2.75, 3.05) is 12.4 Å². The van der Waals surface area contributed by atoms with Gasteiger partial charge in [0.15, 0.2) is 5.16 Å². The average Bonchev–Trinajstić information content (AvgIpc) is 3.00. The summed E-state index contributed by atoms with van der Waals surface area (Å²) < 4.78 is 7.66. The molecule has 7 nitrogen and oxygen atoms in total. The number of rotatable bonds is 8. The van der Waals surface area contributed by atoms with Crippen LogP contribution < -0.4 is 10.2 Å². The van der Waals surface area contributed by atoms with Crippen molar-refractivity contribution in [1.29, 1.82) is 0 Å². The molecule has 0 aliphatic heterocycles. The van der Waals surface area contributed by atoms with Crippen molar-refractivity contribution < 1.29 is 9.53 Å². The number of amides is 1. The molecule has 0 atom stereocenters. The van der Waals surface area contributed by atoms with Gasteiger partial charge < -0.3 is 9.30 Å². The molecule has 162 valence electrons. The van der Waals surface area contributed by atoms with Gasteiger partial charge in [0, 0.05) is 34.0 Å². The zero-order valence-corrected chi connectivity index (χ0v) is 19.3. The van der Waals surface area contributed by atoms with Gasteiger partial charge in [-0.05, 0) is 71.0 Å². The number of nitrogens with zero attached hydrogens (tertiary/aromatic N) is 4. The molecule has 0 fully saturated rings. The lowest BCUT2D eigenvalue weighted by Crippen LogP contribution is -2.19. The van der Waals surface area contributed by atoms with E-state index in [0.29, 0.717) is 11.8 Å². The molecule has 2 heterocycles. The molecule has 0 spiro atoms. The molecular weight excluding hydrogens is 410 g/mol. The second-order valence-electron chi connectivity index (χ2n) is 7.10. The highest BCUT2D eigenvalue weighted by molar-refractivity contribution is 7.99. The van der Waals surface area contributed by atoms with Gasteiger partial charge in [0.2, 0.25) is 0 Å². The second-order valence-corrected chi connectivity index (χ2v) is 8.05. The number of ether oxygens (including phenoxy) is 1. The molecule has 0 saturated carbocycles. The highest BCUT2D eigenvalue weighted by atomic mass is 32.2. The Morgan fingerprint density at radius 1 is 1.13 bits per heavy atom. The molecule has 0 radical (unpaired) electrons. The molecule has 0 aliphatic carbocycles. The third kappa shape index (κ3) is 5.95. The first-order valence-corrected chi connectivity index (χ1v) is 11.0. The Bertz CT molecular complexity index is 1070. The zero-order valence-electron chi connectivity index (χ0n) is 18.5. The predicted molar refractivity (Wildman–Crippen MR) is 124 cm³/mol. The minimum absolute atomic E-state index is 0.200. The number of carbonyl (C=O) groups excluding carboxylic acids is 1. The van der Waals surface area contributed by atoms with Crippen molar-refractivity contribution in [3.63, 3.8) is 0 Å². The second kappa shape index (κ2) is 10.3. The first-order valence-electron chi connectivity index (χ1n) is 10.1. The van der Waals surface area contributed by atoms with Gasteiger partial charge in [0.1, 0.15) is 5.75 Å². The van der Waals surface area contributed by atoms with Gasteiger partial charge in [0.05, 0.1) is 18.6 Å². The van der Waals surface area contributed by atoms with Crippen molar-refractivity contribution in [3.05, 3.63) is 64.7 Å². The third-order valence-corrected chi connectivity index (χ3v) is 5.41. The minimum atomic E-state index is -0.204. The van der Waals surface area contributed by atoms with E-state index in [4.69, 9.17) is 4.74 Å². The largest absolute Gasteiger partial charge is 0.494 e. The summed E-state index contributed by atoms with van der Waals surface area (Å²) in [7, 11) is 0. The number of aromatic nitrogens is 3. The van der Waals surface area contributed by atoms with Gasteiger partial charge in [0.25, 0.3) is 5.91 Å². The van der Waals surface area contributed by atoms with Crippen molar-refractivity contribution in [1.82, 2.24) is 20.0 Å². The van der Waals surface area contributed by atoms with Crippen LogP contribution >= 0.6 is 11.8 Å². The molecule has 1 N–H and O–H groups in total. The molecular formula is C23H27N5O2S. The van der Waals surface area contributed by atoms with Crippen LogP contribution in [0.2, 0.25) is 0 Å². The third-order valence-electron chi connectivity index (χ3n) is 4.56. The number of nitrogens with one attached hydrogen (secondary N) is 1. The van der Waals surface area contributed by atoms with E-state index in [1.165, 1.54) is 11.8 Å². The van der Waals surface area contributed by atoms with Crippen LogP contribution in [0.3, 0.4) is 0 Å². The molecule has 0 saturated heterocycles. The van der Waals surface area contributed by atoms with Crippen LogP contribution in [-0.4, -0.2) is 39.0 Å². The zero-order chi connectivity index (χ0) is 22.4. The van der Waals surface area contributed by atoms with Crippen LogP contribution in [0.1, 0.15) is 35.3 Å². The highest BCUT2D eigenvalue weighted by Crippen LogP contribution is 2.22.